The Morgan fingerprint density at radius 1 is 1.44 bits per heavy atom. The van der Waals surface area contributed by atoms with Crippen LogP contribution >= 0.6 is 23.2 Å². The standard InChI is InChI=1S/C7H12Cl2/c1-3-4-6(2)5-7(8)9/h3-4,6-7H,5H2,1-2H3/b4-3+. The highest BCUT2D eigenvalue weighted by Gasteiger charge is 2.02. The highest BCUT2D eigenvalue weighted by Crippen LogP contribution is 2.15. The average Bonchev–Trinajstić information content (AvgIpc) is 1.63. The lowest BCUT2D eigenvalue weighted by Crippen LogP contribution is -1.95. The van der Waals surface area contributed by atoms with Gasteiger partial charge >= 0.3 is 0 Å². The summed E-state index contributed by atoms with van der Waals surface area (Å²) in [5.74, 6) is 0.495. The molecule has 2 heteroatoms. The van der Waals surface area contributed by atoms with Crippen molar-refractivity contribution in [2.24, 2.45) is 5.92 Å². The van der Waals surface area contributed by atoms with Crippen molar-refractivity contribution in [2.45, 2.75) is 25.1 Å². The molecular formula is C7H12Cl2. The van der Waals surface area contributed by atoms with E-state index in [0.29, 0.717) is 5.92 Å². The molecule has 1 unspecified atom stereocenters. The van der Waals surface area contributed by atoms with Crippen molar-refractivity contribution in [3.63, 3.8) is 0 Å². The van der Waals surface area contributed by atoms with Gasteiger partial charge < -0.3 is 0 Å². The molecule has 0 nitrogen and oxygen atoms in total. The molecule has 0 aliphatic heterocycles. The summed E-state index contributed by atoms with van der Waals surface area (Å²) >= 11 is 11.1. The molecule has 0 spiro atoms. The number of allylic oxidation sites excluding steroid dienone is 2. The van der Waals surface area contributed by atoms with E-state index in [1.165, 1.54) is 0 Å². The lowest BCUT2D eigenvalue weighted by Gasteiger charge is -2.04. The molecule has 0 aromatic heterocycles. The number of rotatable bonds is 3. The van der Waals surface area contributed by atoms with Crippen molar-refractivity contribution in [1.82, 2.24) is 0 Å². The van der Waals surface area contributed by atoms with E-state index in [2.05, 4.69) is 13.0 Å². The first kappa shape index (κ1) is 9.32. The summed E-state index contributed by atoms with van der Waals surface area (Å²) in [6.07, 6.45) is 4.95. The van der Waals surface area contributed by atoms with Crippen LogP contribution in [0.4, 0.5) is 0 Å². The molecule has 0 saturated heterocycles. The van der Waals surface area contributed by atoms with Crippen molar-refractivity contribution < 1.29 is 0 Å². The zero-order valence-electron chi connectivity index (χ0n) is 5.77. The SMILES string of the molecule is C/C=C/C(C)CC(Cl)Cl. The van der Waals surface area contributed by atoms with Gasteiger partial charge in [0, 0.05) is 0 Å². The lowest BCUT2D eigenvalue weighted by atomic mass is 10.1. The summed E-state index contributed by atoms with van der Waals surface area (Å²) in [5, 5.41) is 0. The third-order valence-corrected chi connectivity index (χ3v) is 1.43. The Hall–Kier alpha value is 0.320. The summed E-state index contributed by atoms with van der Waals surface area (Å²) in [7, 11) is 0. The van der Waals surface area contributed by atoms with Gasteiger partial charge in [0.15, 0.2) is 0 Å². The van der Waals surface area contributed by atoms with E-state index < -0.39 is 0 Å². The first-order chi connectivity index (χ1) is 4.16. The van der Waals surface area contributed by atoms with Crippen LogP contribution in [0.3, 0.4) is 0 Å². The van der Waals surface area contributed by atoms with Crippen molar-refractivity contribution in [3.8, 4) is 0 Å². The van der Waals surface area contributed by atoms with Crippen LogP contribution in [0, 0.1) is 5.92 Å². The van der Waals surface area contributed by atoms with Crippen LogP contribution in [0.25, 0.3) is 0 Å². The van der Waals surface area contributed by atoms with Crippen molar-refractivity contribution in [3.05, 3.63) is 12.2 Å². The lowest BCUT2D eigenvalue weighted by molar-refractivity contribution is 0.683. The second-order valence-corrected chi connectivity index (χ2v) is 3.41. The van der Waals surface area contributed by atoms with Gasteiger partial charge in [0.05, 0.1) is 0 Å². The maximum atomic E-state index is 5.54. The van der Waals surface area contributed by atoms with Gasteiger partial charge in [-0.25, -0.2) is 0 Å². The van der Waals surface area contributed by atoms with Crippen LogP contribution in [0.2, 0.25) is 0 Å². The molecule has 0 N–H and O–H groups in total. The predicted molar refractivity (Wildman–Crippen MR) is 44.1 cm³/mol. The van der Waals surface area contributed by atoms with E-state index in [9.17, 15) is 0 Å². The van der Waals surface area contributed by atoms with Gasteiger partial charge in [-0.1, -0.05) is 19.1 Å². The van der Waals surface area contributed by atoms with E-state index >= 15 is 0 Å². The maximum absolute atomic E-state index is 5.54. The number of hydrogen-bond donors (Lipinski definition) is 0. The van der Waals surface area contributed by atoms with Gasteiger partial charge in [0.25, 0.3) is 0 Å². The molecule has 0 fully saturated rings. The van der Waals surface area contributed by atoms with E-state index in [0.717, 1.165) is 6.42 Å². The maximum Gasteiger partial charge on any atom is 0.108 e. The van der Waals surface area contributed by atoms with Gasteiger partial charge in [0.2, 0.25) is 0 Å². The molecule has 54 valence electrons. The Balaban J connectivity index is 3.38. The quantitative estimate of drug-likeness (QED) is 0.446. The Bertz CT molecular complexity index is 86.9. The predicted octanol–water partition coefficient (Wildman–Crippen LogP) is 3.39. The zero-order valence-corrected chi connectivity index (χ0v) is 7.28. The summed E-state index contributed by atoms with van der Waals surface area (Å²) in [5.41, 5.74) is 0. The van der Waals surface area contributed by atoms with Crippen LogP contribution in [0.1, 0.15) is 20.3 Å². The minimum absolute atomic E-state index is 0.226. The van der Waals surface area contributed by atoms with E-state index in [1.54, 1.807) is 0 Å². The third kappa shape index (κ3) is 6.20. The second-order valence-electron chi connectivity index (χ2n) is 2.13. The van der Waals surface area contributed by atoms with E-state index in [-0.39, 0.29) is 4.84 Å². The molecule has 1 atom stereocenters. The summed E-state index contributed by atoms with van der Waals surface area (Å²) in [6, 6.07) is 0. The van der Waals surface area contributed by atoms with Gasteiger partial charge in [-0.15, -0.1) is 23.2 Å². The zero-order chi connectivity index (χ0) is 7.28. The van der Waals surface area contributed by atoms with Crippen molar-refractivity contribution in [1.29, 1.82) is 0 Å². The Labute approximate surface area is 66.8 Å². The molecule has 0 radical (unpaired) electrons. The molecule has 0 bridgehead atoms. The minimum atomic E-state index is -0.226. The molecule has 0 amide bonds. The van der Waals surface area contributed by atoms with Crippen molar-refractivity contribution >= 4 is 23.2 Å². The van der Waals surface area contributed by atoms with Crippen LogP contribution < -0.4 is 0 Å². The normalized spacial score (nSPS) is 15.2. The highest BCUT2D eigenvalue weighted by atomic mass is 35.5. The van der Waals surface area contributed by atoms with Crippen LogP contribution in [0.5, 0.6) is 0 Å². The Morgan fingerprint density at radius 3 is 2.33 bits per heavy atom. The van der Waals surface area contributed by atoms with E-state index in [4.69, 9.17) is 23.2 Å². The minimum Gasteiger partial charge on any atom is -0.105 e. The Morgan fingerprint density at radius 2 is 2.00 bits per heavy atom. The second kappa shape index (κ2) is 5.13. The number of halogens is 2. The smallest absolute Gasteiger partial charge is 0.105 e. The first-order valence-electron chi connectivity index (χ1n) is 3.07. The number of hydrogen-bond acceptors (Lipinski definition) is 0. The average molecular weight is 167 g/mol. The van der Waals surface area contributed by atoms with Gasteiger partial charge in [-0.05, 0) is 19.3 Å². The summed E-state index contributed by atoms with van der Waals surface area (Å²) in [4.78, 5) is -0.226. The van der Waals surface area contributed by atoms with E-state index in [1.807, 2.05) is 13.0 Å². The fourth-order valence-corrected chi connectivity index (χ4v) is 1.25. The molecular weight excluding hydrogens is 155 g/mol. The highest BCUT2D eigenvalue weighted by molar-refractivity contribution is 6.44. The van der Waals surface area contributed by atoms with Crippen molar-refractivity contribution in [2.75, 3.05) is 0 Å². The van der Waals surface area contributed by atoms with Crippen LogP contribution in [0.15, 0.2) is 12.2 Å². The molecule has 0 aromatic carbocycles. The molecule has 0 aliphatic carbocycles. The molecule has 9 heavy (non-hydrogen) atoms. The largest absolute Gasteiger partial charge is 0.108 e. The third-order valence-electron chi connectivity index (χ3n) is 1.07. The molecule has 0 saturated carbocycles. The van der Waals surface area contributed by atoms with Crippen LogP contribution in [-0.2, 0) is 0 Å². The fourth-order valence-electron chi connectivity index (χ4n) is 0.688. The molecule has 0 aliphatic rings. The summed E-state index contributed by atoms with van der Waals surface area (Å²) < 4.78 is 0. The van der Waals surface area contributed by atoms with Gasteiger partial charge in [0.1, 0.15) is 4.84 Å². The number of alkyl halides is 2. The summed E-state index contributed by atoms with van der Waals surface area (Å²) in [6.45, 7) is 4.09. The molecule has 0 aromatic rings. The van der Waals surface area contributed by atoms with Crippen LogP contribution in [-0.4, -0.2) is 4.84 Å². The topological polar surface area (TPSA) is 0 Å². The van der Waals surface area contributed by atoms with Gasteiger partial charge in [-0.3, -0.25) is 0 Å². The Kier molecular flexibility index (Phi) is 5.31. The fraction of sp³-hybridized carbons (Fsp3) is 0.714. The monoisotopic (exact) mass is 166 g/mol. The molecule has 0 rings (SSSR count). The molecule has 0 heterocycles. The van der Waals surface area contributed by atoms with Gasteiger partial charge in [-0.2, -0.15) is 0 Å². The first-order valence-corrected chi connectivity index (χ1v) is 3.95.